The van der Waals surface area contributed by atoms with E-state index in [9.17, 15) is 18.0 Å². The Balaban J connectivity index is 1.96. The van der Waals surface area contributed by atoms with Gasteiger partial charge in [0.25, 0.3) is 5.91 Å². The average molecular weight is 293 g/mol. The maximum atomic E-state index is 12.4. The monoisotopic (exact) mass is 293 g/mol. The fourth-order valence-electron chi connectivity index (χ4n) is 3.59. The topological polar surface area (TPSA) is 29.5 Å². The minimum absolute atomic E-state index is 0.104. The molecule has 2 aliphatic rings. The number of amides is 1. The molecule has 0 spiro atoms. The number of alkyl halides is 3. The molecule has 1 aliphatic carbocycles. The van der Waals surface area contributed by atoms with Crippen molar-refractivity contribution in [3.63, 3.8) is 0 Å². The first-order chi connectivity index (χ1) is 9.29. The highest BCUT2D eigenvalue weighted by Gasteiger charge is 2.44. The third kappa shape index (κ3) is 3.45. The van der Waals surface area contributed by atoms with Crippen molar-refractivity contribution < 1.29 is 22.7 Å². The second-order valence-corrected chi connectivity index (χ2v) is 6.01. The van der Waals surface area contributed by atoms with Crippen molar-refractivity contribution >= 4 is 5.91 Å². The summed E-state index contributed by atoms with van der Waals surface area (Å²) in [4.78, 5) is 14.1. The Hall–Kier alpha value is -0.780. The van der Waals surface area contributed by atoms with E-state index in [4.69, 9.17) is 4.74 Å². The van der Waals surface area contributed by atoms with Crippen molar-refractivity contribution in [2.45, 2.75) is 70.3 Å². The molecule has 0 aromatic rings. The van der Waals surface area contributed by atoms with Crippen LogP contribution in [0.1, 0.15) is 46.0 Å². The zero-order chi connectivity index (χ0) is 14.9. The normalized spacial score (nSPS) is 32.0. The van der Waals surface area contributed by atoms with Crippen LogP contribution in [0.3, 0.4) is 0 Å². The van der Waals surface area contributed by atoms with Crippen molar-refractivity contribution in [2.75, 3.05) is 6.61 Å². The number of nitrogens with zero attached hydrogens (tertiary/aromatic N) is 1. The lowest BCUT2D eigenvalue weighted by molar-refractivity contribution is -0.189. The van der Waals surface area contributed by atoms with Gasteiger partial charge < -0.3 is 9.64 Å². The van der Waals surface area contributed by atoms with E-state index in [1.165, 1.54) is 13.3 Å². The van der Waals surface area contributed by atoms with Gasteiger partial charge in [-0.1, -0.05) is 12.8 Å². The van der Waals surface area contributed by atoms with E-state index in [1.54, 1.807) is 4.90 Å². The smallest absolute Gasteiger partial charge is 0.359 e. The Kier molecular flexibility index (Phi) is 4.62. The Morgan fingerprint density at radius 2 is 2.00 bits per heavy atom. The molecule has 0 radical (unpaired) electrons. The van der Waals surface area contributed by atoms with Gasteiger partial charge in [0, 0.05) is 12.1 Å². The summed E-state index contributed by atoms with van der Waals surface area (Å²) >= 11 is 0. The number of carbonyl (C=O) groups is 1. The number of rotatable bonds is 3. The van der Waals surface area contributed by atoms with Crippen molar-refractivity contribution in [1.29, 1.82) is 0 Å². The van der Waals surface area contributed by atoms with Gasteiger partial charge in [-0.3, -0.25) is 4.79 Å². The van der Waals surface area contributed by atoms with E-state index in [0.29, 0.717) is 5.92 Å². The van der Waals surface area contributed by atoms with Crippen LogP contribution in [0.5, 0.6) is 0 Å². The molecule has 116 valence electrons. The van der Waals surface area contributed by atoms with Crippen LogP contribution in [0.4, 0.5) is 13.2 Å². The van der Waals surface area contributed by atoms with E-state index in [-0.39, 0.29) is 18.0 Å². The third-order valence-corrected chi connectivity index (χ3v) is 4.44. The van der Waals surface area contributed by atoms with Crippen molar-refractivity contribution in [3.05, 3.63) is 0 Å². The highest BCUT2D eigenvalue weighted by atomic mass is 19.4. The SMILES string of the molecule is CC(OCC(F)(F)F)C(=O)N1C(C)CC2CCCCC21. The van der Waals surface area contributed by atoms with E-state index in [2.05, 4.69) is 0 Å². The molecule has 0 bridgehead atoms. The van der Waals surface area contributed by atoms with Gasteiger partial charge in [0.1, 0.15) is 12.7 Å². The van der Waals surface area contributed by atoms with Gasteiger partial charge in [-0.2, -0.15) is 13.2 Å². The molecule has 1 saturated carbocycles. The molecule has 1 saturated heterocycles. The summed E-state index contributed by atoms with van der Waals surface area (Å²) in [5.41, 5.74) is 0. The van der Waals surface area contributed by atoms with Crippen LogP contribution in [0.2, 0.25) is 0 Å². The molecule has 20 heavy (non-hydrogen) atoms. The number of ether oxygens (including phenoxy) is 1. The summed E-state index contributed by atoms with van der Waals surface area (Å²) in [6.45, 7) is 2.03. The summed E-state index contributed by atoms with van der Waals surface area (Å²) in [6.07, 6.45) is -0.0878. The summed E-state index contributed by atoms with van der Waals surface area (Å²) in [5.74, 6) is 0.216. The Morgan fingerprint density at radius 3 is 2.65 bits per heavy atom. The first kappa shape index (κ1) is 15.6. The Morgan fingerprint density at radius 1 is 1.35 bits per heavy atom. The van der Waals surface area contributed by atoms with E-state index < -0.39 is 18.9 Å². The van der Waals surface area contributed by atoms with Crippen molar-refractivity contribution in [1.82, 2.24) is 4.90 Å². The maximum Gasteiger partial charge on any atom is 0.411 e. The fourth-order valence-corrected chi connectivity index (χ4v) is 3.59. The minimum atomic E-state index is -4.39. The minimum Gasteiger partial charge on any atom is -0.359 e. The molecule has 1 heterocycles. The molecule has 4 atom stereocenters. The first-order valence-corrected chi connectivity index (χ1v) is 7.30. The predicted molar refractivity (Wildman–Crippen MR) is 68.1 cm³/mol. The van der Waals surface area contributed by atoms with Crippen LogP contribution < -0.4 is 0 Å². The molecule has 2 fully saturated rings. The number of carbonyl (C=O) groups excluding carboxylic acids is 1. The predicted octanol–water partition coefficient (Wildman–Crippen LogP) is 3.13. The molecule has 3 nitrogen and oxygen atoms in total. The number of hydrogen-bond donors (Lipinski definition) is 0. The summed E-state index contributed by atoms with van der Waals surface area (Å²) in [7, 11) is 0. The van der Waals surface area contributed by atoms with Gasteiger partial charge in [0.2, 0.25) is 0 Å². The molecular weight excluding hydrogens is 271 g/mol. The van der Waals surface area contributed by atoms with E-state index in [1.807, 2.05) is 6.92 Å². The van der Waals surface area contributed by atoms with Crippen molar-refractivity contribution in [3.8, 4) is 0 Å². The van der Waals surface area contributed by atoms with Crippen LogP contribution in [-0.4, -0.2) is 41.8 Å². The lowest BCUT2D eigenvalue weighted by Crippen LogP contribution is -2.47. The van der Waals surface area contributed by atoms with Gasteiger partial charge in [0.15, 0.2) is 0 Å². The average Bonchev–Trinajstić information content (AvgIpc) is 2.70. The largest absolute Gasteiger partial charge is 0.411 e. The molecule has 1 amide bonds. The summed E-state index contributed by atoms with van der Waals surface area (Å²) in [5, 5.41) is 0. The number of halogens is 3. The quantitative estimate of drug-likeness (QED) is 0.800. The van der Waals surface area contributed by atoms with Gasteiger partial charge >= 0.3 is 6.18 Å². The van der Waals surface area contributed by atoms with Gasteiger partial charge in [-0.05, 0) is 39.0 Å². The lowest BCUT2D eigenvalue weighted by Gasteiger charge is -2.34. The number of likely N-dealkylation sites (tertiary alicyclic amines) is 1. The molecule has 6 heteroatoms. The molecule has 4 unspecified atom stereocenters. The lowest BCUT2D eigenvalue weighted by atomic mass is 9.85. The molecule has 0 N–H and O–H groups in total. The first-order valence-electron chi connectivity index (χ1n) is 7.30. The van der Waals surface area contributed by atoms with E-state index >= 15 is 0 Å². The van der Waals surface area contributed by atoms with E-state index in [0.717, 1.165) is 25.7 Å². The van der Waals surface area contributed by atoms with Crippen LogP contribution >= 0.6 is 0 Å². The van der Waals surface area contributed by atoms with Crippen LogP contribution in [0, 0.1) is 5.92 Å². The Labute approximate surface area is 117 Å². The third-order valence-electron chi connectivity index (χ3n) is 4.44. The molecule has 0 aromatic heterocycles. The standard InChI is InChI=1S/C14H22F3NO2/c1-9-7-11-5-3-4-6-12(11)18(9)13(19)10(2)20-8-14(15,16)17/h9-12H,3-8H2,1-2H3. The van der Waals surface area contributed by atoms with Crippen LogP contribution in [0.25, 0.3) is 0 Å². The summed E-state index contributed by atoms with van der Waals surface area (Å²) in [6, 6.07) is 0.302. The summed E-state index contributed by atoms with van der Waals surface area (Å²) < 4.78 is 41.1. The fraction of sp³-hybridized carbons (Fsp3) is 0.929. The maximum absolute atomic E-state index is 12.4. The van der Waals surface area contributed by atoms with Gasteiger partial charge in [0.05, 0.1) is 0 Å². The van der Waals surface area contributed by atoms with Crippen molar-refractivity contribution in [2.24, 2.45) is 5.92 Å². The highest BCUT2D eigenvalue weighted by molar-refractivity contribution is 5.81. The molecule has 1 aliphatic heterocycles. The number of hydrogen-bond acceptors (Lipinski definition) is 2. The zero-order valence-corrected chi connectivity index (χ0v) is 11.9. The zero-order valence-electron chi connectivity index (χ0n) is 11.9. The van der Waals surface area contributed by atoms with Gasteiger partial charge in [-0.25, -0.2) is 0 Å². The molecular formula is C14H22F3NO2. The van der Waals surface area contributed by atoms with Crippen LogP contribution in [0.15, 0.2) is 0 Å². The Bertz CT molecular complexity index is 359. The second kappa shape index (κ2) is 5.92. The van der Waals surface area contributed by atoms with Crippen LogP contribution in [-0.2, 0) is 9.53 Å². The van der Waals surface area contributed by atoms with Gasteiger partial charge in [-0.15, -0.1) is 0 Å². The molecule has 2 rings (SSSR count). The highest BCUT2D eigenvalue weighted by Crippen LogP contribution is 2.39. The number of fused-ring (bicyclic) bond motifs is 1. The second-order valence-electron chi connectivity index (χ2n) is 6.01. The molecule has 0 aromatic carbocycles.